The summed E-state index contributed by atoms with van der Waals surface area (Å²) in [7, 11) is -3.72. The van der Waals surface area contributed by atoms with Gasteiger partial charge in [0.2, 0.25) is 0 Å². The van der Waals surface area contributed by atoms with Gasteiger partial charge in [-0.2, -0.15) is 8.42 Å². The lowest BCUT2D eigenvalue weighted by atomic mass is 10.1. The molecule has 1 aromatic carbocycles. The van der Waals surface area contributed by atoms with Gasteiger partial charge in [-0.1, -0.05) is 6.92 Å². The van der Waals surface area contributed by atoms with E-state index < -0.39 is 10.2 Å². The van der Waals surface area contributed by atoms with Crippen LogP contribution in [0.4, 0.5) is 11.4 Å². The van der Waals surface area contributed by atoms with E-state index in [0.29, 0.717) is 5.69 Å². The number of nitrogens with one attached hydrogen (secondary N) is 1. The van der Waals surface area contributed by atoms with Crippen LogP contribution in [0.25, 0.3) is 0 Å². The van der Waals surface area contributed by atoms with Crippen molar-refractivity contribution < 1.29 is 8.42 Å². The van der Waals surface area contributed by atoms with Crippen LogP contribution in [0.2, 0.25) is 0 Å². The SMILES string of the molecule is CCN1CCN(c2ccc(NS(N)(=O)=O)c(C)c2)CC1. The molecular formula is C13H22N4O2S. The fourth-order valence-corrected chi connectivity index (χ4v) is 2.97. The molecule has 20 heavy (non-hydrogen) atoms. The normalized spacial score (nSPS) is 17.2. The number of benzene rings is 1. The Balaban J connectivity index is 2.10. The van der Waals surface area contributed by atoms with Crippen LogP contribution in [0.1, 0.15) is 12.5 Å². The van der Waals surface area contributed by atoms with Gasteiger partial charge in [0.05, 0.1) is 5.69 Å². The Morgan fingerprint density at radius 2 is 1.90 bits per heavy atom. The van der Waals surface area contributed by atoms with Gasteiger partial charge in [0.25, 0.3) is 10.2 Å². The predicted molar refractivity (Wildman–Crippen MR) is 82.2 cm³/mol. The van der Waals surface area contributed by atoms with Crippen LogP contribution in [0.3, 0.4) is 0 Å². The molecule has 0 radical (unpaired) electrons. The first-order valence-electron chi connectivity index (χ1n) is 6.77. The van der Waals surface area contributed by atoms with Crippen LogP contribution >= 0.6 is 0 Å². The average molecular weight is 298 g/mol. The minimum Gasteiger partial charge on any atom is -0.369 e. The summed E-state index contributed by atoms with van der Waals surface area (Å²) in [4.78, 5) is 4.74. The highest BCUT2D eigenvalue weighted by atomic mass is 32.2. The monoisotopic (exact) mass is 298 g/mol. The number of likely N-dealkylation sites (N-methyl/N-ethyl adjacent to an activating group) is 1. The number of nitrogens with zero attached hydrogens (tertiary/aromatic N) is 2. The maximum Gasteiger partial charge on any atom is 0.296 e. The first-order chi connectivity index (χ1) is 9.39. The Labute approximate surface area is 120 Å². The molecule has 3 N–H and O–H groups in total. The molecule has 1 fully saturated rings. The zero-order chi connectivity index (χ0) is 14.8. The summed E-state index contributed by atoms with van der Waals surface area (Å²) in [5.41, 5.74) is 2.52. The van der Waals surface area contributed by atoms with E-state index in [1.165, 1.54) is 0 Å². The Bertz CT molecular complexity index is 566. The second kappa shape index (κ2) is 5.99. The quantitative estimate of drug-likeness (QED) is 0.860. The molecule has 6 nitrogen and oxygen atoms in total. The minimum absolute atomic E-state index is 0.531. The smallest absolute Gasteiger partial charge is 0.296 e. The number of hydrogen-bond acceptors (Lipinski definition) is 4. The second-order valence-corrected chi connectivity index (χ2v) is 6.36. The van der Waals surface area contributed by atoms with Gasteiger partial charge >= 0.3 is 0 Å². The molecule has 0 unspecified atom stereocenters. The summed E-state index contributed by atoms with van der Waals surface area (Å²) < 4.78 is 24.4. The van der Waals surface area contributed by atoms with Gasteiger partial charge in [-0.25, -0.2) is 5.14 Å². The molecule has 0 saturated carbocycles. The summed E-state index contributed by atoms with van der Waals surface area (Å²) in [6.07, 6.45) is 0. The molecule has 7 heteroatoms. The molecule has 1 heterocycles. The van der Waals surface area contributed by atoms with E-state index in [0.717, 1.165) is 44.0 Å². The van der Waals surface area contributed by atoms with E-state index in [4.69, 9.17) is 5.14 Å². The molecule has 0 aliphatic carbocycles. The lowest BCUT2D eigenvalue weighted by Gasteiger charge is -2.35. The Morgan fingerprint density at radius 3 is 2.40 bits per heavy atom. The lowest BCUT2D eigenvalue weighted by molar-refractivity contribution is 0.271. The van der Waals surface area contributed by atoms with Gasteiger partial charge in [-0.05, 0) is 37.2 Å². The summed E-state index contributed by atoms with van der Waals surface area (Å²) in [5.74, 6) is 0. The number of nitrogens with two attached hydrogens (primary N) is 1. The van der Waals surface area contributed by atoms with Gasteiger partial charge < -0.3 is 9.80 Å². The first kappa shape index (κ1) is 15.1. The minimum atomic E-state index is -3.72. The third-order valence-corrected chi connectivity index (χ3v) is 4.15. The highest BCUT2D eigenvalue weighted by Crippen LogP contribution is 2.24. The van der Waals surface area contributed by atoms with Crippen LogP contribution < -0.4 is 14.8 Å². The van der Waals surface area contributed by atoms with E-state index in [1.54, 1.807) is 6.07 Å². The van der Waals surface area contributed by atoms with E-state index >= 15 is 0 Å². The van der Waals surface area contributed by atoms with E-state index in [2.05, 4.69) is 21.4 Å². The van der Waals surface area contributed by atoms with Gasteiger partial charge in [0.15, 0.2) is 0 Å². The fourth-order valence-electron chi connectivity index (χ4n) is 2.43. The Morgan fingerprint density at radius 1 is 1.25 bits per heavy atom. The number of rotatable bonds is 4. The van der Waals surface area contributed by atoms with Crippen molar-refractivity contribution >= 4 is 21.6 Å². The maximum absolute atomic E-state index is 11.1. The first-order valence-corrected chi connectivity index (χ1v) is 8.32. The molecule has 1 saturated heterocycles. The second-order valence-electron chi connectivity index (χ2n) is 5.07. The van der Waals surface area contributed by atoms with Gasteiger partial charge in [0, 0.05) is 31.9 Å². The summed E-state index contributed by atoms with van der Waals surface area (Å²) in [5, 5.41) is 4.99. The Kier molecular flexibility index (Phi) is 4.52. The van der Waals surface area contributed by atoms with E-state index in [9.17, 15) is 8.42 Å². The highest BCUT2D eigenvalue weighted by molar-refractivity contribution is 7.90. The van der Waals surface area contributed by atoms with Crippen LogP contribution in [-0.2, 0) is 10.2 Å². The largest absolute Gasteiger partial charge is 0.369 e. The van der Waals surface area contributed by atoms with Crippen LogP contribution in [0, 0.1) is 6.92 Å². The zero-order valence-electron chi connectivity index (χ0n) is 12.0. The van der Waals surface area contributed by atoms with Crippen molar-refractivity contribution in [2.24, 2.45) is 5.14 Å². The van der Waals surface area contributed by atoms with Crippen molar-refractivity contribution in [2.45, 2.75) is 13.8 Å². The third-order valence-electron chi connectivity index (χ3n) is 3.65. The molecule has 0 atom stereocenters. The van der Waals surface area contributed by atoms with Crippen molar-refractivity contribution in [2.75, 3.05) is 42.3 Å². The number of hydrogen-bond donors (Lipinski definition) is 2. The third kappa shape index (κ3) is 3.84. The van der Waals surface area contributed by atoms with E-state index in [-0.39, 0.29) is 0 Å². The van der Waals surface area contributed by atoms with Crippen LogP contribution in [0.15, 0.2) is 18.2 Å². The average Bonchev–Trinajstić information content (AvgIpc) is 2.40. The summed E-state index contributed by atoms with van der Waals surface area (Å²) in [6, 6.07) is 5.69. The number of anilines is 2. The van der Waals surface area contributed by atoms with Crippen molar-refractivity contribution in [3.63, 3.8) is 0 Å². The number of aryl methyl sites for hydroxylation is 1. The molecular weight excluding hydrogens is 276 g/mol. The van der Waals surface area contributed by atoms with Gasteiger partial charge in [0.1, 0.15) is 0 Å². The molecule has 1 aliphatic heterocycles. The molecule has 112 valence electrons. The predicted octanol–water partition coefficient (Wildman–Crippen LogP) is 0.752. The molecule has 0 amide bonds. The summed E-state index contributed by atoms with van der Waals surface area (Å²) >= 11 is 0. The molecule has 1 aliphatic rings. The van der Waals surface area contributed by atoms with Gasteiger partial charge in [-0.15, -0.1) is 0 Å². The van der Waals surface area contributed by atoms with E-state index in [1.807, 2.05) is 19.1 Å². The summed E-state index contributed by atoms with van der Waals surface area (Å²) in [6.45, 7) is 9.25. The fraction of sp³-hybridized carbons (Fsp3) is 0.538. The van der Waals surface area contributed by atoms with Crippen LogP contribution in [0.5, 0.6) is 0 Å². The zero-order valence-corrected chi connectivity index (χ0v) is 12.8. The molecule has 0 spiro atoms. The molecule has 1 aromatic rings. The molecule has 0 bridgehead atoms. The maximum atomic E-state index is 11.1. The van der Waals surface area contributed by atoms with Crippen molar-refractivity contribution in [3.05, 3.63) is 23.8 Å². The lowest BCUT2D eigenvalue weighted by Crippen LogP contribution is -2.46. The van der Waals surface area contributed by atoms with Crippen molar-refractivity contribution in [3.8, 4) is 0 Å². The highest BCUT2D eigenvalue weighted by Gasteiger charge is 2.16. The standard InChI is InChI=1S/C13H22N4O2S/c1-3-16-6-8-17(9-7-16)12-4-5-13(11(2)10-12)15-20(14,18)19/h4-5,10,15H,3,6-9H2,1-2H3,(H2,14,18,19). The topological polar surface area (TPSA) is 78.7 Å². The molecule has 0 aromatic heterocycles. The van der Waals surface area contributed by atoms with Gasteiger partial charge in [-0.3, -0.25) is 4.72 Å². The van der Waals surface area contributed by atoms with Crippen LogP contribution in [-0.4, -0.2) is 46.0 Å². The molecule has 2 rings (SSSR count). The number of piperazine rings is 1. The van der Waals surface area contributed by atoms with Crippen molar-refractivity contribution in [1.29, 1.82) is 0 Å². The van der Waals surface area contributed by atoms with Crippen molar-refractivity contribution in [1.82, 2.24) is 4.90 Å². The Hall–Kier alpha value is -1.31.